The molecule has 1 aromatic carbocycles. The van der Waals surface area contributed by atoms with Crippen molar-refractivity contribution in [3.63, 3.8) is 0 Å². The molecule has 0 unspecified atom stereocenters. The Hall–Kier alpha value is -3.39. The van der Waals surface area contributed by atoms with E-state index in [-0.39, 0.29) is 11.8 Å². The molecule has 172 valence electrons. The molecule has 1 aliphatic carbocycles. The van der Waals surface area contributed by atoms with Crippen LogP contribution in [0.15, 0.2) is 55.0 Å². The maximum Gasteiger partial charge on any atom is 0.252 e. The van der Waals surface area contributed by atoms with E-state index in [9.17, 15) is 9.59 Å². The van der Waals surface area contributed by atoms with Gasteiger partial charge in [0, 0.05) is 36.4 Å². The Kier molecular flexibility index (Phi) is 7.24. The second kappa shape index (κ2) is 10.5. The molecule has 8 nitrogen and oxygen atoms in total. The Morgan fingerprint density at radius 1 is 1.15 bits per heavy atom. The first-order valence-corrected chi connectivity index (χ1v) is 11.4. The number of hydrogen-bond acceptors (Lipinski definition) is 5. The van der Waals surface area contributed by atoms with E-state index in [4.69, 9.17) is 11.6 Å². The molecule has 0 bridgehead atoms. The van der Waals surface area contributed by atoms with Gasteiger partial charge in [-0.1, -0.05) is 43.4 Å². The Morgan fingerprint density at radius 2 is 1.94 bits per heavy atom. The van der Waals surface area contributed by atoms with Crippen LogP contribution >= 0.6 is 11.6 Å². The molecule has 1 aliphatic rings. The van der Waals surface area contributed by atoms with Crippen LogP contribution in [0.1, 0.15) is 42.5 Å². The minimum atomic E-state index is -0.628. The molecule has 1 atom stereocenters. The fourth-order valence-corrected chi connectivity index (χ4v) is 4.33. The lowest BCUT2D eigenvalue weighted by Crippen LogP contribution is -2.44. The number of aromatic nitrogens is 3. The van der Waals surface area contributed by atoms with Gasteiger partial charge in [-0.15, -0.1) is 0 Å². The standard InChI is InChI=1S/C24H27ClN6O2/c1-31-15-20(14-27-31)29-24(33)21(11-16-5-2-3-6-16)30-23(32)17-7-4-8-18(12-17)28-19-9-10-26-22(25)13-19/h4,7-10,12-16,21H,2-3,5-6,11H2,1H3,(H,26,28)(H,29,33)(H,30,32)/t21-/m0/s1. The summed E-state index contributed by atoms with van der Waals surface area (Å²) in [6.45, 7) is 0. The lowest BCUT2D eigenvalue weighted by atomic mass is 9.97. The molecule has 33 heavy (non-hydrogen) atoms. The number of nitrogens with one attached hydrogen (secondary N) is 3. The summed E-state index contributed by atoms with van der Waals surface area (Å²) in [6, 6.07) is 9.99. The van der Waals surface area contributed by atoms with Gasteiger partial charge in [-0.2, -0.15) is 5.10 Å². The minimum Gasteiger partial charge on any atom is -0.355 e. The van der Waals surface area contributed by atoms with Crippen molar-refractivity contribution in [2.75, 3.05) is 10.6 Å². The van der Waals surface area contributed by atoms with E-state index in [0.717, 1.165) is 24.2 Å². The Labute approximate surface area is 197 Å². The van der Waals surface area contributed by atoms with Gasteiger partial charge in [0.05, 0.1) is 11.9 Å². The highest BCUT2D eigenvalue weighted by molar-refractivity contribution is 6.29. The fourth-order valence-electron chi connectivity index (χ4n) is 4.15. The number of hydrogen-bond donors (Lipinski definition) is 3. The monoisotopic (exact) mass is 466 g/mol. The molecule has 2 amide bonds. The van der Waals surface area contributed by atoms with Crippen LogP contribution in [-0.4, -0.2) is 32.6 Å². The molecular formula is C24H27ClN6O2. The van der Waals surface area contributed by atoms with Crippen LogP contribution in [0.2, 0.25) is 5.15 Å². The number of carbonyl (C=O) groups excluding carboxylic acids is 2. The number of rotatable bonds is 8. The summed E-state index contributed by atoms with van der Waals surface area (Å²) in [5.74, 6) is -0.0981. The first kappa shape index (κ1) is 22.8. The zero-order valence-electron chi connectivity index (χ0n) is 18.4. The molecule has 1 saturated carbocycles. The summed E-state index contributed by atoms with van der Waals surface area (Å²) >= 11 is 5.95. The molecule has 4 rings (SSSR count). The van der Waals surface area contributed by atoms with E-state index in [2.05, 4.69) is 26.0 Å². The zero-order valence-corrected chi connectivity index (χ0v) is 19.2. The van der Waals surface area contributed by atoms with Gasteiger partial charge in [-0.25, -0.2) is 4.98 Å². The summed E-state index contributed by atoms with van der Waals surface area (Å²) in [6.07, 6.45) is 10.0. The maximum absolute atomic E-state index is 13.1. The van der Waals surface area contributed by atoms with Crippen LogP contribution in [0.25, 0.3) is 0 Å². The summed E-state index contributed by atoms with van der Waals surface area (Å²) in [4.78, 5) is 30.1. The summed E-state index contributed by atoms with van der Waals surface area (Å²) in [5, 5.41) is 13.5. The zero-order chi connectivity index (χ0) is 23.2. The molecule has 0 spiro atoms. The van der Waals surface area contributed by atoms with Gasteiger partial charge in [0.15, 0.2) is 0 Å². The first-order valence-electron chi connectivity index (χ1n) is 11.1. The predicted molar refractivity (Wildman–Crippen MR) is 129 cm³/mol. The summed E-state index contributed by atoms with van der Waals surface area (Å²) < 4.78 is 1.62. The largest absolute Gasteiger partial charge is 0.355 e. The number of aryl methyl sites for hydroxylation is 1. The van der Waals surface area contributed by atoms with Crippen LogP contribution < -0.4 is 16.0 Å². The Morgan fingerprint density at radius 3 is 2.67 bits per heavy atom. The van der Waals surface area contributed by atoms with E-state index < -0.39 is 6.04 Å². The average Bonchev–Trinajstić information content (AvgIpc) is 3.45. The fraction of sp³-hybridized carbons (Fsp3) is 0.333. The quantitative estimate of drug-likeness (QED) is 0.423. The Balaban J connectivity index is 1.46. The molecule has 2 aromatic heterocycles. The number of nitrogens with zero attached hydrogens (tertiary/aromatic N) is 3. The second-order valence-corrected chi connectivity index (χ2v) is 8.76. The normalized spacial score (nSPS) is 14.6. The highest BCUT2D eigenvalue weighted by atomic mass is 35.5. The van der Waals surface area contributed by atoms with Crippen molar-refractivity contribution >= 4 is 40.5 Å². The smallest absolute Gasteiger partial charge is 0.252 e. The van der Waals surface area contributed by atoms with Crippen LogP contribution in [0.4, 0.5) is 17.1 Å². The van der Waals surface area contributed by atoms with E-state index in [1.807, 2.05) is 6.07 Å². The van der Waals surface area contributed by atoms with E-state index in [1.54, 1.807) is 60.7 Å². The van der Waals surface area contributed by atoms with Gasteiger partial charge in [0.2, 0.25) is 5.91 Å². The lowest BCUT2D eigenvalue weighted by molar-refractivity contribution is -0.118. The van der Waals surface area contributed by atoms with Crippen molar-refractivity contribution in [2.45, 2.75) is 38.1 Å². The van der Waals surface area contributed by atoms with Crippen LogP contribution in [-0.2, 0) is 11.8 Å². The third-order valence-corrected chi connectivity index (χ3v) is 5.98. The third-order valence-electron chi connectivity index (χ3n) is 5.78. The highest BCUT2D eigenvalue weighted by Crippen LogP contribution is 2.29. The number of carbonyl (C=O) groups is 2. The van der Waals surface area contributed by atoms with Crippen LogP contribution in [0.3, 0.4) is 0 Å². The van der Waals surface area contributed by atoms with Gasteiger partial charge in [0.1, 0.15) is 11.2 Å². The molecule has 0 aliphatic heterocycles. The van der Waals surface area contributed by atoms with Gasteiger partial charge >= 0.3 is 0 Å². The number of anilines is 3. The van der Waals surface area contributed by atoms with Crippen molar-refractivity contribution in [2.24, 2.45) is 13.0 Å². The molecular weight excluding hydrogens is 440 g/mol. The van der Waals surface area contributed by atoms with E-state index in [0.29, 0.717) is 28.7 Å². The molecule has 3 N–H and O–H groups in total. The highest BCUT2D eigenvalue weighted by Gasteiger charge is 2.27. The number of pyridine rings is 1. The van der Waals surface area contributed by atoms with E-state index in [1.165, 1.54) is 12.8 Å². The first-order chi connectivity index (χ1) is 16.0. The third kappa shape index (κ3) is 6.32. The average molecular weight is 467 g/mol. The number of amides is 2. The van der Waals surface area contributed by atoms with Gasteiger partial charge in [0.25, 0.3) is 5.91 Å². The van der Waals surface area contributed by atoms with Gasteiger partial charge in [-0.05, 0) is 42.7 Å². The van der Waals surface area contributed by atoms with Crippen LogP contribution in [0, 0.1) is 5.92 Å². The summed E-state index contributed by atoms with van der Waals surface area (Å²) in [5.41, 5.74) is 2.57. The minimum absolute atomic E-state index is 0.232. The SMILES string of the molecule is Cn1cc(NC(=O)[C@H](CC2CCCC2)NC(=O)c2cccc(Nc3ccnc(Cl)c3)c2)cn1. The molecule has 9 heteroatoms. The Bertz CT molecular complexity index is 1130. The molecule has 1 fully saturated rings. The van der Waals surface area contributed by atoms with E-state index >= 15 is 0 Å². The van der Waals surface area contributed by atoms with Crippen molar-refractivity contribution < 1.29 is 9.59 Å². The molecule has 3 aromatic rings. The van der Waals surface area contributed by atoms with Crippen molar-refractivity contribution in [3.8, 4) is 0 Å². The van der Waals surface area contributed by atoms with Crippen molar-refractivity contribution in [1.29, 1.82) is 0 Å². The van der Waals surface area contributed by atoms with Crippen LogP contribution in [0.5, 0.6) is 0 Å². The molecule has 0 saturated heterocycles. The number of benzene rings is 1. The summed E-state index contributed by atoms with van der Waals surface area (Å²) in [7, 11) is 1.79. The molecule has 2 heterocycles. The molecule has 0 radical (unpaired) electrons. The number of halogens is 1. The van der Waals surface area contributed by atoms with Gasteiger partial charge < -0.3 is 16.0 Å². The predicted octanol–water partition coefficient (Wildman–Crippen LogP) is 4.53. The maximum atomic E-state index is 13.1. The van der Waals surface area contributed by atoms with Crippen molar-refractivity contribution in [1.82, 2.24) is 20.1 Å². The van der Waals surface area contributed by atoms with Gasteiger partial charge in [-0.3, -0.25) is 14.3 Å². The lowest BCUT2D eigenvalue weighted by Gasteiger charge is -2.21. The topological polar surface area (TPSA) is 101 Å². The second-order valence-electron chi connectivity index (χ2n) is 8.38. The van der Waals surface area contributed by atoms with Crippen molar-refractivity contribution in [3.05, 3.63) is 65.7 Å².